The van der Waals surface area contributed by atoms with Gasteiger partial charge in [-0.1, -0.05) is 43.8 Å². The summed E-state index contributed by atoms with van der Waals surface area (Å²) in [5, 5.41) is 11.6. The fourth-order valence-corrected chi connectivity index (χ4v) is 3.93. The van der Waals surface area contributed by atoms with Crippen LogP contribution in [-0.2, 0) is 11.3 Å². The number of nitrogens with zero attached hydrogens (tertiary/aromatic N) is 4. The molecule has 6 nitrogen and oxygen atoms in total. The van der Waals surface area contributed by atoms with Crippen LogP contribution in [-0.4, -0.2) is 38.7 Å². The van der Waals surface area contributed by atoms with E-state index in [2.05, 4.69) is 40.9 Å². The maximum Gasteiger partial charge on any atom is 0.237 e. The Hall–Kier alpha value is -2.74. The molecular weight excluding hydrogens is 401 g/mol. The molecule has 0 fully saturated rings. The number of carbonyl (C=O) groups is 1. The van der Waals surface area contributed by atoms with E-state index in [1.165, 1.54) is 29.6 Å². The van der Waals surface area contributed by atoms with Crippen LogP contribution in [0.2, 0.25) is 0 Å². The summed E-state index contributed by atoms with van der Waals surface area (Å²) in [6.45, 7) is 10.7. The van der Waals surface area contributed by atoms with E-state index < -0.39 is 5.25 Å². The van der Waals surface area contributed by atoms with E-state index in [1.807, 2.05) is 35.8 Å². The molecule has 0 spiro atoms. The number of dihydropyridines is 1. The number of halogens is 1. The van der Waals surface area contributed by atoms with Crippen molar-refractivity contribution >= 4 is 29.6 Å². The molecular formula is C22H26FN5OS. The van der Waals surface area contributed by atoms with Gasteiger partial charge in [0.2, 0.25) is 5.91 Å². The van der Waals surface area contributed by atoms with Gasteiger partial charge < -0.3 is 9.88 Å². The van der Waals surface area contributed by atoms with E-state index >= 15 is 0 Å². The molecule has 0 saturated carbocycles. The van der Waals surface area contributed by atoms with Crippen LogP contribution in [0, 0.1) is 0 Å². The van der Waals surface area contributed by atoms with Crippen LogP contribution in [0.5, 0.6) is 0 Å². The lowest BCUT2D eigenvalue weighted by molar-refractivity contribution is -0.115. The number of benzene rings is 1. The molecule has 1 aliphatic rings. The Bertz CT molecular complexity index is 964. The van der Waals surface area contributed by atoms with Crippen LogP contribution >= 0.6 is 11.8 Å². The van der Waals surface area contributed by atoms with Gasteiger partial charge in [-0.25, -0.2) is 4.39 Å². The van der Waals surface area contributed by atoms with Gasteiger partial charge in [-0.05, 0) is 36.6 Å². The van der Waals surface area contributed by atoms with Gasteiger partial charge >= 0.3 is 0 Å². The highest BCUT2D eigenvalue weighted by molar-refractivity contribution is 8.00. The maximum atomic E-state index is 13.6. The van der Waals surface area contributed by atoms with Crippen molar-refractivity contribution in [1.82, 2.24) is 14.8 Å². The van der Waals surface area contributed by atoms with Gasteiger partial charge in [0.15, 0.2) is 5.16 Å². The lowest BCUT2D eigenvalue weighted by atomic mass is 10.0. The van der Waals surface area contributed by atoms with Crippen LogP contribution in [0.1, 0.15) is 44.0 Å². The molecule has 0 aliphatic carbocycles. The number of amides is 1. The van der Waals surface area contributed by atoms with E-state index in [0.717, 1.165) is 5.69 Å². The summed E-state index contributed by atoms with van der Waals surface area (Å²) in [6, 6.07) is 7.86. The minimum absolute atomic E-state index is 0.125. The average Bonchev–Trinajstić information content (AvgIpc) is 3.11. The van der Waals surface area contributed by atoms with Crippen molar-refractivity contribution in [2.45, 2.75) is 49.6 Å². The third-order valence-electron chi connectivity index (χ3n) is 4.76. The number of nitrogens with one attached hydrogen (secondary N) is 1. The van der Waals surface area contributed by atoms with E-state index in [1.54, 1.807) is 6.08 Å². The van der Waals surface area contributed by atoms with Crippen LogP contribution in [0.15, 0.2) is 59.0 Å². The topological polar surface area (TPSA) is 72.2 Å². The second-order valence-corrected chi connectivity index (χ2v) is 8.73. The number of carbonyl (C=O) groups excluding carboxylic acids is 1. The molecule has 0 bridgehead atoms. The molecule has 1 N–H and O–H groups in total. The first-order valence-electron chi connectivity index (χ1n) is 9.87. The van der Waals surface area contributed by atoms with Gasteiger partial charge in [-0.3, -0.25) is 9.79 Å². The highest BCUT2D eigenvalue weighted by atomic mass is 32.2. The predicted molar refractivity (Wildman–Crippen MR) is 120 cm³/mol. The Morgan fingerprint density at radius 2 is 2.07 bits per heavy atom. The summed E-state index contributed by atoms with van der Waals surface area (Å²) < 4.78 is 15.5. The van der Waals surface area contributed by atoms with Crippen LogP contribution in [0.4, 0.5) is 10.1 Å². The minimum Gasteiger partial charge on any atom is -0.325 e. The molecule has 2 aromatic rings. The van der Waals surface area contributed by atoms with Crippen molar-refractivity contribution in [3.05, 3.63) is 60.2 Å². The van der Waals surface area contributed by atoms with Crippen molar-refractivity contribution in [2.24, 2.45) is 4.99 Å². The molecule has 30 heavy (non-hydrogen) atoms. The molecule has 0 saturated heterocycles. The first-order valence-corrected chi connectivity index (χ1v) is 10.8. The standard InChI is InChI=1S/C22H26FN5OS/c1-5-10-28-20(17-11-18(23)13-24-12-17)26-27-22(28)30-15(4)21(29)25-19-8-6-16(7-9-19)14(2)3/h5-9,11,13-15,17H,1,10,12H2,2-4H3,(H,25,29). The minimum atomic E-state index is -0.396. The summed E-state index contributed by atoms with van der Waals surface area (Å²) in [5.74, 6) is 0.250. The number of rotatable bonds is 8. The van der Waals surface area contributed by atoms with Crippen molar-refractivity contribution in [1.29, 1.82) is 0 Å². The molecule has 2 unspecified atom stereocenters. The summed E-state index contributed by atoms with van der Waals surface area (Å²) in [5.41, 5.74) is 1.98. The second-order valence-electron chi connectivity index (χ2n) is 7.42. The van der Waals surface area contributed by atoms with Crippen molar-refractivity contribution in [2.75, 3.05) is 11.9 Å². The van der Waals surface area contributed by atoms with Gasteiger partial charge in [-0.2, -0.15) is 0 Å². The number of allylic oxidation sites excluding steroid dienone is 2. The molecule has 1 aromatic heterocycles. The van der Waals surface area contributed by atoms with Crippen molar-refractivity contribution in [3.8, 4) is 0 Å². The molecule has 2 heterocycles. The van der Waals surface area contributed by atoms with Gasteiger partial charge in [0.25, 0.3) is 0 Å². The number of thioether (sulfide) groups is 1. The first kappa shape index (κ1) is 22.0. The molecule has 1 aromatic carbocycles. The quantitative estimate of drug-likeness (QED) is 0.488. The van der Waals surface area contributed by atoms with Gasteiger partial charge in [0.1, 0.15) is 11.7 Å². The van der Waals surface area contributed by atoms with Crippen LogP contribution in [0.25, 0.3) is 0 Å². The Balaban J connectivity index is 1.71. The smallest absolute Gasteiger partial charge is 0.237 e. The number of anilines is 1. The maximum absolute atomic E-state index is 13.6. The predicted octanol–water partition coefficient (Wildman–Crippen LogP) is 4.73. The summed E-state index contributed by atoms with van der Waals surface area (Å²) in [7, 11) is 0. The molecule has 1 amide bonds. The van der Waals surface area contributed by atoms with E-state index in [-0.39, 0.29) is 17.7 Å². The Labute approximate surface area is 180 Å². The zero-order chi connectivity index (χ0) is 21.7. The Kier molecular flexibility index (Phi) is 7.20. The summed E-state index contributed by atoms with van der Waals surface area (Å²) >= 11 is 1.31. The summed E-state index contributed by atoms with van der Waals surface area (Å²) in [6.07, 6.45) is 4.42. The van der Waals surface area contributed by atoms with E-state index in [0.29, 0.717) is 30.0 Å². The summed E-state index contributed by atoms with van der Waals surface area (Å²) in [4.78, 5) is 16.7. The number of aromatic nitrogens is 3. The third-order valence-corrected chi connectivity index (χ3v) is 5.84. The fourth-order valence-electron chi connectivity index (χ4n) is 3.07. The molecule has 3 rings (SSSR count). The van der Waals surface area contributed by atoms with Gasteiger partial charge in [0.05, 0.1) is 23.9 Å². The van der Waals surface area contributed by atoms with Gasteiger partial charge in [-0.15, -0.1) is 16.8 Å². The van der Waals surface area contributed by atoms with E-state index in [9.17, 15) is 9.18 Å². The van der Waals surface area contributed by atoms with Crippen molar-refractivity contribution < 1.29 is 9.18 Å². The lowest BCUT2D eigenvalue weighted by Gasteiger charge is -2.16. The zero-order valence-electron chi connectivity index (χ0n) is 17.4. The molecule has 0 radical (unpaired) electrons. The molecule has 158 valence electrons. The zero-order valence-corrected chi connectivity index (χ0v) is 18.2. The van der Waals surface area contributed by atoms with Gasteiger partial charge in [0, 0.05) is 12.2 Å². The third kappa shape index (κ3) is 5.24. The number of hydrogen-bond donors (Lipinski definition) is 1. The second kappa shape index (κ2) is 9.84. The first-order chi connectivity index (χ1) is 14.4. The van der Waals surface area contributed by atoms with Crippen LogP contribution < -0.4 is 5.32 Å². The molecule has 1 aliphatic heterocycles. The lowest BCUT2D eigenvalue weighted by Crippen LogP contribution is -2.23. The van der Waals surface area contributed by atoms with Crippen molar-refractivity contribution in [3.63, 3.8) is 0 Å². The Morgan fingerprint density at radius 3 is 2.70 bits per heavy atom. The highest BCUT2D eigenvalue weighted by Gasteiger charge is 2.24. The monoisotopic (exact) mass is 427 g/mol. The fraction of sp³-hybridized carbons (Fsp3) is 0.364. The normalized spacial score (nSPS) is 17.0. The molecule has 2 atom stereocenters. The van der Waals surface area contributed by atoms with E-state index in [4.69, 9.17) is 0 Å². The SMILES string of the molecule is C=CCn1c(SC(C)C(=O)Nc2ccc(C(C)C)cc2)nnc1C1C=C(F)C=NC1. The van der Waals surface area contributed by atoms with Crippen LogP contribution in [0.3, 0.4) is 0 Å². The molecule has 8 heteroatoms. The average molecular weight is 428 g/mol. The number of hydrogen-bond acceptors (Lipinski definition) is 5. The largest absolute Gasteiger partial charge is 0.325 e. The Morgan fingerprint density at radius 1 is 1.33 bits per heavy atom. The number of aliphatic imine (C=N–C) groups is 1. The highest BCUT2D eigenvalue weighted by Crippen LogP contribution is 2.28.